The van der Waals surface area contributed by atoms with Gasteiger partial charge in [-0.3, -0.25) is 10.1 Å². The molecule has 1 fully saturated rings. The van der Waals surface area contributed by atoms with E-state index in [0.717, 1.165) is 24.3 Å². The molecule has 1 aliphatic heterocycles. The van der Waals surface area contributed by atoms with Crippen molar-refractivity contribution in [2.75, 3.05) is 18.0 Å². The highest BCUT2D eigenvalue weighted by atomic mass is 16.6. The number of anilines is 1. The quantitative estimate of drug-likeness (QED) is 0.595. The molecule has 0 amide bonds. The fourth-order valence-electron chi connectivity index (χ4n) is 2.91. The van der Waals surface area contributed by atoms with Crippen LogP contribution in [0.3, 0.4) is 0 Å². The lowest BCUT2D eigenvalue weighted by Gasteiger charge is -2.36. The molecule has 0 aromatic heterocycles. The lowest BCUT2D eigenvalue weighted by atomic mass is 9.91. The van der Waals surface area contributed by atoms with Crippen molar-refractivity contribution in [1.29, 1.82) is 0 Å². The Kier molecular flexibility index (Phi) is 3.55. The molecular formula is C14H20N2O2. The SMILES string of the molecule is Cc1ccc(N2CC(C)CC(C)C2)c([N+](=O)[O-])c1. The van der Waals surface area contributed by atoms with Crippen LogP contribution in [-0.4, -0.2) is 18.0 Å². The molecule has 1 aromatic carbocycles. The molecule has 0 radical (unpaired) electrons. The van der Waals surface area contributed by atoms with Crippen LogP contribution in [0.4, 0.5) is 11.4 Å². The van der Waals surface area contributed by atoms with Crippen molar-refractivity contribution in [3.05, 3.63) is 33.9 Å². The third-order valence-corrected chi connectivity index (χ3v) is 3.54. The summed E-state index contributed by atoms with van der Waals surface area (Å²) >= 11 is 0. The van der Waals surface area contributed by atoms with Crippen LogP contribution in [0, 0.1) is 28.9 Å². The number of aryl methyl sites for hydroxylation is 1. The third kappa shape index (κ3) is 2.63. The Morgan fingerprint density at radius 2 is 1.89 bits per heavy atom. The minimum atomic E-state index is -0.272. The summed E-state index contributed by atoms with van der Waals surface area (Å²) < 4.78 is 0. The first kappa shape index (κ1) is 12.9. The van der Waals surface area contributed by atoms with Crippen LogP contribution in [-0.2, 0) is 0 Å². The Hall–Kier alpha value is -1.58. The van der Waals surface area contributed by atoms with E-state index in [1.165, 1.54) is 6.42 Å². The van der Waals surface area contributed by atoms with Crippen LogP contribution in [0.2, 0.25) is 0 Å². The second-order valence-corrected chi connectivity index (χ2v) is 5.60. The van der Waals surface area contributed by atoms with E-state index in [-0.39, 0.29) is 10.6 Å². The maximum atomic E-state index is 11.2. The van der Waals surface area contributed by atoms with Crippen molar-refractivity contribution in [1.82, 2.24) is 0 Å². The first-order valence-corrected chi connectivity index (χ1v) is 6.47. The number of hydrogen-bond donors (Lipinski definition) is 0. The molecule has 1 saturated heterocycles. The average molecular weight is 248 g/mol. The first-order valence-electron chi connectivity index (χ1n) is 6.47. The van der Waals surface area contributed by atoms with Gasteiger partial charge in [0.2, 0.25) is 0 Å². The molecule has 4 heteroatoms. The number of nitro groups is 1. The van der Waals surface area contributed by atoms with Gasteiger partial charge in [-0.25, -0.2) is 0 Å². The summed E-state index contributed by atoms with van der Waals surface area (Å²) in [5.74, 6) is 1.18. The zero-order chi connectivity index (χ0) is 13.3. The van der Waals surface area contributed by atoms with E-state index in [9.17, 15) is 10.1 Å². The molecular weight excluding hydrogens is 228 g/mol. The van der Waals surface area contributed by atoms with Crippen LogP contribution >= 0.6 is 0 Å². The highest BCUT2D eigenvalue weighted by Gasteiger charge is 2.26. The topological polar surface area (TPSA) is 46.4 Å². The van der Waals surface area contributed by atoms with E-state index in [1.54, 1.807) is 6.07 Å². The Balaban J connectivity index is 2.35. The molecule has 4 nitrogen and oxygen atoms in total. The van der Waals surface area contributed by atoms with E-state index >= 15 is 0 Å². The van der Waals surface area contributed by atoms with Gasteiger partial charge in [0.1, 0.15) is 5.69 Å². The second kappa shape index (κ2) is 4.96. The zero-order valence-corrected chi connectivity index (χ0v) is 11.2. The molecule has 2 unspecified atom stereocenters. The molecule has 0 aliphatic carbocycles. The second-order valence-electron chi connectivity index (χ2n) is 5.60. The predicted octanol–water partition coefficient (Wildman–Crippen LogP) is 3.39. The molecule has 2 rings (SSSR count). The fraction of sp³-hybridized carbons (Fsp3) is 0.571. The fourth-order valence-corrected chi connectivity index (χ4v) is 2.91. The van der Waals surface area contributed by atoms with Gasteiger partial charge in [-0.05, 0) is 36.8 Å². The number of nitrogens with zero attached hydrogens (tertiary/aromatic N) is 2. The Morgan fingerprint density at radius 1 is 1.28 bits per heavy atom. The zero-order valence-electron chi connectivity index (χ0n) is 11.2. The molecule has 0 N–H and O–H groups in total. The summed E-state index contributed by atoms with van der Waals surface area (Å²) in [5.41, 5.74) is 1.93. The van der Waals surface area contributed by atoms with E-state index in [2.05, 4.69) is 18.7 Å². The van der Waals surface area contributed by atoms with Gasteiger partial charge < -0.3 is 4.90 Å². The van der Waals surface area contributed by atoms with Crippen molar-refractivity contribution < 1.29 is 4.92 Å². The minimum absolute atomic E-state index is 0.233. The largest absolute Gasteiger partial charge is 0.365 e. The summed E-state index contributed by atoms with van der Waals surface area (Å²) in [7, 11) is 0. The van der Waals surface area contributed by atoms with Crippen LogP contribution in [0.15, 0.2) is 18.2 Å². The van der Waals surface area contributed by atoms with Crippen molar-refractivity contribution in [2.45, 2.75) is 27.2 Å². The molecule has 0 bridgehead atoms. The summed E-state index contributed by atoms with van der Waals surface area (Å²) in [5, 5.41) is 11.2. The summed E-state index contributed by atoms with van der Waals surface area (Å²) in [6.07, 6.45) is 1.20. The summed E-state index contributed by atoms with van der Waals surface area (Å²) in [4.78, 5) is 13.1. The Labute approximate surface area is 108 Å². The van der Waals surface area contributed by atoms with Crippen molar-refractivity contribution in [3.63, 3.8) is 0 Å². The van der Waals surface area contributed by atoms with E-state index in [1.807, 2.05) is 19.1 Å². The molecule has 1 heterocycles. The van der Waals surface area contributed by atoms with Crippen molar-refractivity contribution in [3.8, 4) is 0 Å². The number of benzene rings is 1. The predicted molar refractivity (Wildman–Crippen MR) is 73.0 cm³/mol. The molecule has 0 spiro atoms. The summed E-state index contributed by atoms with van der Waals surface area (Å²) in [6, 6.07) is 5.50. The van der Waals surface area contributed by atoms with Crippen molar-refractivity contribution in [2.24, 2.45) is 11.8 Å². The van der Waals surface area contributed by atoms with Gasteiger partial charge in [0, 0.05) is 19.2 Å². The maximum Gasteiger partial charge on any atom is 0.292 e. The van der Waals surface area contributed by atoms with Gasteiger partial charge in [0.05, 0.1) is 4.92 Å². The monoisotopic (exact) mass is 248 g/mol. The lowest BCUT2D eigenvalue weighted by Crippen LogP contribution is -2.39. The summed E-state index contributed by atoms with van der Waals surface area (Å²) in [6.45, 7) is 8.13. The minimum Gasteiger partial charge on any atom is -0.365 e. The molecule has 0 saturated carbocycles. The number of rotatable bonds is 2. The van der Waals surface area contributed by atoms with Crippen LogP contribution < -0.4 is 4.90 Å². The number of piperidine rings is 1. The van der Waals surface area contributed by atoms with E-state index in [4.69, 9.17) is 0 Å². The van der Waals surface area contributed by atoms with Crippen molar-refractivity contribution >= 4 is 11.4 Å². The molecule has 1 aromatic rings. The van der Waals surface area contributed by atoms with E-state index in [0.29, 0.717) is 11.8 Å². The van der Waals surface area contributed by atoms with Crippen LogP contribution in [0.1, 0.15) is 25.8 Å². The Bertz CT molecular complexity index is 449. The Morgan fingerprint density at radius 3 is 2.44 bits per heavy atom. The molecule has 2 atom stereocenters. The van der Waals surface area contributed by atoms with Crippen LogP contribution in [0.25, 0.3) is 0 Å². The maximum absolute atomic E-state index is 11.2. The average Bonchev–Trinajstić information content (AvgIpc) is 2.27. The lowest BCUT2D eigenvalue weighted by molar-refractivity contribution is -0.384. The van der Waals surface area contributed by atoms with Gasteiger partial charge in [-0.1, -0.05) is 19.9 Å². The standard InChI is InChI=1S/C14H20N2O2/c1-10-4-5-13(14(7-10)16(17)18)15-8-11(2)6-12(3)9-15/h4-5,7,11-12H,6,8-9H2,1-3H3. The number of hydrogen-bond acceptors (Lipinski definition) is 3. The smallest absolute Gasteiger partial charge is 0.292 e. The number of nitro benzene ring substituents is 1. The van der Waals surface area contributed by atoms with Gasteiger partial charge in [0.25, 0.3) is 5.69 Å². The normalized spacial score (nSPS) is 24.1. The molecule has 1 aliphatic rings. The highest BCUT2D eigenvalue weighted by molar-refractivity contribution is 5.64. The van der Waals surface area contributed by atoms with Gasteiger partial charge in [0.15, 0.2) is 0 Å². The van der Waals surface area contributed by atoms with Gasteiger partial charge in [-0.2, -0.15) is 0 Å². The van der Waals surface area contributed by atoms with E-state index < -0.39 is 0 Å². The molecule has 18 heavy (non-hydrogen) atoms. The van der Waals surface area contributed by atoms with Gasteiger partial charge in [-0.15, -0.1) is 0 Å². The van der Waals surface area contributed by atoms with Gasteiger partial charge >= 0.3 is 0 Å². The third-order valence-electron chi connectivity index (χ3n) is 3.54. The molecule has 98 valence electrons. The highest BCUT2D eigenvalue weighted by Crippen LogP contribution is 2.33. The van der Waals surface area contributed by atoms with Crippen LogP contribution in [0.5, 0.6) is 0 Å². The first-order chi connectivity index (χ1) is 8.47.